The summed E-state index contributed by atoms with van der Waals surface area (Å²) in [6.07, 6.45) is -0.0627. The molecule has 4 N–H and O–H groups in total. The lowest BCUT2D eigenvalue weighted by atomic mass is 9.87. The molecular weight excluding hydrogens is 282 g/mol. The van der Waals surface area contributed by atoms with E-state index >= 15 is 0 Å². The van der Waals surface area contributed by atoms with Crippen LogP contribution in [0.1, 0.15) is 23.5 Å². The highest BCUT2D eigenvalue weighted by molar-refractivity contribution is 5.94. The van der Waals surface area contributed by atoms with E-state index in [0.29, 0.717) is 5.56 Å². The zero-order valence-corrected chi connectivity index (χ0v) is 10.6. The molecule has 2 heterocycles. The van der Waals surface area contributed by atoms with Crippen LogP contribution in [-0.4, -0.2) is 15.9 Å². The molecule has 0 radical (unpaired) electrons. The molecule has 1 aliphatic heterocycles. The van der Waals surface area contributed by atoms with Crippen molar-refractivity contribution < 1.29 is 13.6 Å². The van der Waals surface area contributed by atoms with Gasteiger partial charge in [-0.25, -0.2) is 8.78 Å². The van der Waals surface area contributed by atoms with Gasteiger partial charge in [0.1, 0.15) is 5.82 Å². The third kappa shape index (κ3) is 2.24. The number of nitrogens with two attached hydrogens (primary N) is 1. The summed E-state index contributed by atoms with van der Waals surface area (Å²) in [4.78, 5) is 29.9. The van der Waals surface area contributed by atoms with Crippen molar-refractivity contribution in [1.29, 1.82) is 0 Å². The van der Waals surface area contributed by atoms with Crippen molar-refractivity contribution in [2.45, 2.75) is 12.3 Å². The summed E-state index contributed by atoms with van der Waals surface area (Å²) in [5.41, 5.74) is 5.40. The highest BCUT2D eigenvalue weighted by Crippen LogP contribution is 2.34. The minimum atomic E-state index is -1.04. The SMILES string of the molecule is Nc1nc2c(c(=O)[nH]1)C(c1ccc(F)c(F)c1)CC(=O)N2. The molecule has 0 spiro atoms. The first-order valence-corrected chi connectivity index (χ1v) is 6.10. The second-order valence-electron chi connectivity index (χ2n) is 4.69. The third-order valence-electron chi connectivity index (χ3n) is 3.32. The molecule has 1 unspecified atom stereocenters. The molecular formula is C13H10F2N4O2. The molecule has 1 aromatic carbocycles. The number of anilines is 2. The Labute approximate surface area is 117 Å². The molecule has 2 aromatic rings. The van der Waals surface area contributed by atoms with E-state index < -0.39 is 23.1 Å². The number of carbonyl (C=O) groups is 1. The topological polar surface area (TPSA) is 101 Å². The number of amides is 1. The zero-order chi connectivity index (χ0) is 15.1. The Hall–Kier alpha value is -2.77. The summed E-state index contributed by atoms with van der Waals surface area (Å²) < 4.78 is 26.4. The molecule has 0 fully saturated rings. The number of carbonyl (C=O) groups excluding carboxylic acids is 1. The van der Waals surface area contributed by atoms with Crippen molar-refractivity contribution in [3.8, 4) is 0 Å². The van der Waals surface area contributed by atoms with Crippen LogP contribution in [0.2, 0.25) is 0 Å². The van der Waals surface area contributed by atoms with Crippen molar-refractivity contribution in [1.82, 2.24) is 9.97 Å². The van der Waals surface area contributed by atoms with Crippen molar-refractivity contribution in [3.63, 3.8) is 0 Å². The van der Waals surface area contributed by atoms with Crippen LogP contribution in [0, 0.1) is 11.6 Å². The number of hydrogen-bond acceptors (Lipinski definition) is 4. The molecule has 0 saturated heterocycles. The van der Waals surface area contributed by atoms with Crippen LogP contribution in [0.15, 0.2) is 23.0 Å². The minimum absolute atomic E-state index is 0.0437. The summed E-state index contributed by atoms with van der Waals surface area (Å²) in [5.74, 6) is -3.22. The van der Waals surface area contributed by atoms with Gasteiger partial charge >= 0.3 is 0 Å². The molecule has 21 heavy (non-hydrogen) atoms. The standard InChI is InChI=1S/C13H10F2N4O2/c14-7-2-1-5(3-8(7)15)6-4-9(20)17-11-10(6)12(21)19-13(16)18-11/h1-3,6H,4H2,(H4,16,17,18,19,20,21). The Bertz CT molecular complexity index is 803. The second kappa shape index (κ2) is 4.65. The number of nitrogens with one attached hydrogen (secondary N) is 2. The first kappa shape index (κ1) is 13.2. The van der Waals surface area contributed by atoms with Gasteiger partial charge in [-0.3, -0.25) is 14.6 Å². The lowest BCUT2D eigenvalue weighted by molar-refractivity contribution is -0.116. The summed E-state index contributed by atoms with van der Waals surface area (Å²) in [7, 11) is 0. The number of hydrogen-bond donors (Lipinski definition) is 3. The van der Waals surface area contributed by atoms with E-state index in [2.05, 4.69) is 15.3 Å². The molecule has 1 aliphatic rings. The van der Waals surface area contributed by atoms with Crippen molar-refractivity contribution in [2.24, 2.45) is 0 Å². The number of fused-ring (bicyclic) bond motifs is 1. The van der Waals surface area contributed by atoms with E-state index in [1.54, 1.807) is 0 Å². The fourth-order valence-electron chi connectivity index (χ4n) is 2.40. The predicted molar refractivity (Wildman–Crippen MR) is 70.7 cm³/mol. The zero-order valence-electron chi connectivity index (χ0n) is 10.6. The van der Waals surface area contributed by atoms with Gasteiger partial charge in [0, 0.05) is 12.3 Å². The van der Waals surface area contributed by atoms with Crippen LogP contribution < -0.4 is 16.6 Å². The van der Waals surface area contributed by atoms with Gasteiger partial charge in [-0.1, -0.05) is 6.07 Å². The largest absolute Gasteiger partial charge is 0.369 e. The molecule has 1 amide bonds. The quantitative estimate of drug-likeness (QED) is 0.732. The van der Waals surface area contributed by atoms with Gasteiger partial charge in [0.15, 0.2) is 11.6 Å². The van der Waals surface area contributed by atoms with E-state index in [9.17, 15) is 18.4 Å². The van der Waals surface area contributed by atoms with E-state index in [1.165, 1.54) is 6.07 Å². The summed E-state index contributed by atoms with van der Waals surface area (Å²) in [6, 6.07) is 3.26. The van der Waals surface area contributed by atoms with E-state index in [1.807, 2.05) is 0 Å². The second-order valence-corrected chi connectivity index (χ2v) is 4.69. The number of rotatable bonds is 1. The molecule has 0 saturated carbocycles. The van der Waals surface area contributed by atoms with Crippen LogP contribution in [-0.2, 0) is 4.79 Å². The Kier molecular flexibility index (Phi) is 2.93. The number of aromatic nitrogens is 2. The van der Waals surface area contributed by atoms with Crippen LogP contribution in [0.25, 0.3) is 0 Å². The average Bonchev–Trinajstić information content (AvgIpc) is 2.40. The molecule has 1 atom stereocenters. The molecule has 8 heteroatoms. The lowest BCUT2D eigenvalue weighted by Crippen LogP contribution is -2.31. The number of H-pyrrole nitrogens is 1. The van der Waals surface area contributed by atoms with Gasteiger partial charge in [-0.05, 0) is 17.7 Å². The maximum absolute atomic E-state index is 13.4. The molecule has 1 aromatic heterocycles. The van der Waals surface area contributed by atoms with Crippen molar-refractivity contribution in [2.75, 3.05) is 11.1 Å². The van der Waals surface area contributed by atoms with E-state index in [4.69, 9.17) is 5.73 Å². The van der Waals surface area contributed by atoms with Crippen LogP contribution in [0.4, 0.5) is 20.5 Å². The van der Waals surface area contributed by atoms with Crippen LogP contribution >= 0.6 is 0 Å². The maximum Gasteiger partial charge on any atom is 0.258 e. The van der Waals surface area contributed by atoms with E-state index in [0.717, 1.165) is 12.1 Å². The average molecular weight is 292 g/mol. The summed E-state index contributed by atoms with van der Waals surface area (Å²) >= 11 is 0. The third-order valence-corrected chi connectivity index (χ3v) is 3.32. The number of benzene rings is 1. The van der Waals surface area contributed by atoms with Gasteiger partial charge in [0.2, 0.25) is 11.9 Å². The molecule has 0 bridgehead atoms. The normalized spacial score (nSPS) is 17.2. The minimum Gasteiger partial charge on any atom is -0.369 e. The fraction of sp³-hybridized carbons (Fsp3) is 0.154. The first-order valence-electron chi connectivity index (χ1n) is 6.10. The van der Waals surface area contributed by atoms with Crippen LogP contribution in [0.5, 0.6) is 0 Å². The van der Waals surface area contributed by atoms with Gasteiger partial charge in [0.05, 0.1) is 5.56 Å². The van der Waals surface area contributed by atoms with Crippen molar-refractivity contribution in [3.05, 3.63) is 51.3 Å². The maximum atomic E-state index is 13.4. The van der Waals surface area contributed by atoms with Crippen LogP contribution in [0.3, 0.4) is 0 Å². The predicted octanol–water partition coefficient (Wildman–Crippen LogP) is 1.10. The lowest BCUT2D eigenvalue weighted by Gasteiger charge is -2.24. The summed E-state index contributed by atoms with van der Waals surface area (Å²) in [6.45, 7) is 0. The molecule has 3 rings (SSSR count). The van der Waals surface area contributed by atoms with Gasteiger partial charge in [0.25, 0.3) is 5.56 Å². The Morgan fingerprint density at radius 2 is 2.00 bits per heavy atom. The smallest absolute Gasteiger partial charge is 0.258 e. The Morgan fingerprint density at radius 3 is 2.71 bits per heavy atom. The molecule has 108 valence electrons. The number of nitrogens with zero attached hydrogens (tertiary/aromatic N) is 1. The number of aromatic amines is 1. The van der Waals surface area contributed by atoms with E-state index in [-0.39, 0.29) is 29.7 Å². The highest BCUT2D eigenvalue weighted by Gasteiger charge is 2.31. The molecule has 6 nitrogen and oxygen atoms in total. The first-order chi connectivity index (χ1) is 9.95. The van der Waals surface area contributed by atoms with Gasteiger partial charge < -0.3 is 11.1 Å². The Morgan fingerprint density at radius 1 is 1.24 bits per heavy atom. The highest BCUT2D eigenvalue weighted by atomic mass is 19.2. The molecule has 0 aliphatic carbocycles. The monoisotopic (exact) mass is 292 g/mol. The summed E-state index contributed by atoms with van der Waals surface area (Å²) in [5, 5.41) is 2.45. The number of halogens is 2. The van der Waals surface area contributed by atoms with Crippen molar-refractivity contribution >= 4 is 17.7 Å². The fourth-order valence-corrected chi connectivity index (χ4v) is 2.40. The van der Waals surface area contributed by atoms with Gasteiger partial charge in [-0.2, -0.15) is 4.98 Å². The van der Waals surface area contributed by atoms with Gasteiger partial charge in [-0.15, -0.1) is 0 Å². The Balaban J connectivity index is 2.19. The number of nitrogen functional groups attached to an aromatic ring is 1.